The number of rotatable bonds is 2. The van der Waals surface area contributed by atoms with Gasteiger partial charge in [0.05, 0.1) is 0 Å². The van der Waals surface area contributed by atoms with Gasteiger partial charge in [0.25, 0.3) is 0 Å². The van der Waals surface area contributed by atoms with Crippen molar-refractivity contribution < 1.29 is 4.74 Å². The zero-order valence-corrected chi connectivity index (χ0v) is 9.13. The predicted molar refractivity (Wildman–Crippen MR) is 54.6 cm³/mol. The summed E-state index contributed by atoms with van der Waals surface area (Å²) in [6, 6.07) is 7.66. The van der Waals surface area contributed by atoms with Crippen molar-refractivity contribution in [2.75, 3.05) is 0 Å². The Labute approximate surface area is 86.3 Å². The van der Waals surface area contributed by atoms with Gasteiger partial charge >= 0.3 is 0 Å². The highest BCUT2D eigenvalue weighted by Crippen LogP contribution is 2.22. The van der Waals surface area contributed by atoms with Crippen molar-refractivity contribution in [2.45, 2.75) is 20.0 Å². The molecule has 2 nitrogen and oxygen atoms in total. The summed E-state index contributed by atoms with van der Waals surface area (Å²) in [4.78, 5) is 0. The van der Waals surface area contributed by atoms with Crippen molar-refractivity contribution in [1.82, 2.24) is 0 Å². The quantitative estimate of drug-likeness (QED) is 0.795. The van der Waals surface area contributed by atoms with E-state index < -0.39 is 6.10 Å². The molecule has 0 bridgehead atoms. The average Bonchev–Trinajstić information content (AvgIpc) is 2.11. The van der Waals surface area contributed by atoms with Gasteiger partial charge in [-0.3, -0.25) is 0 Å². The lowest BCUT2D eigenvalue weighted by Gasteiger charge is -2.08. The van der Waals surface area contributed by atoms with Crippen LogP contribution in [-0.2, 0) is 0 Å². The first-order chi connectivity index (χ1) is 6.13. The van der Waals surface area contributed by atoms with E-state index in [9.17, 15) is 0 Å². The van der Waals surface area contributed by atoms with E-state index in [4.69, 9.17) is 10.00 Å². The van der Waals surface area contributed by atoms with Crippen LogP contribution >= 0.6 is 15.9 Å². The molecule has 0 fully saturated rings. The molecule has 0 aliphatic heterocycles. The van der Waals surface area contributed by atoms with Gasteiger partial charge in [-0.1, -0.05) is 15.9 Å². The molecule has 1 atom stereocenters. The van der Waals surface area contributed by atoms with E-state index in [1.54, 1.807) is 6.92 Å². The van der Waals surface area contributed by atoms with E-state index in [2.05, 4.69) is 15.9 Å². The number of nitrogens with zero attached hydrogens (tertiary/aromatic N) is 1. The van der Waals surface area contributed by atoms with E-state index in [-0.39, 0.29) is 0 Å². The third kappa shape index (κ3) is 2.74. The Morgan fingerprint density at radius 2 is 2.23 bits per heavy atom. The fraction of sp³-hybridized carbons (Fsp3) is 0.300. The molecule has 0 aliphatic rings. The van der Waals surface area contributed by atoms with Crippen molar-refractivity contribution in [2.24, 2.45) is 0 Å². The lowest BCUT2D eigenvalue weighted by Crippen LogP contribution is -2.07. The van der Waals surface area contributed by atoms with Crippen LogP contribution < -0.4 is 4.74 Å². The summed E-state index contributed by atoms with van der Waals surface area (Å²) < 4.78 is 6.36. The van der Waals surface area contributed by atoms with Crippen LogP contribution in [0.15, 0.2) is 22.7 Å². The van der Waals surface area contributed by atoms with Gasteiger partial charge < -0.3 is 4.74 Å². The Kier molecular flexibility index (Phi) is 3.32. The number of benzene rings is 1. The Bertz CT molecular complexity index is 343. The lowest BCUT2D eigenvalue weighted by molar-refractivity contribution is 0.276. The molecule has 0 saturated heterocycles. The van der Waals surface area contributed by atoms with Gasteiger partial charge in [-0.05, 0) is 37.6 Å². The number of nitriles is 1. The molecular weight excluding hydrogens is 230 g/mol. The number of ether oxygens (including phenoxy) is 1. The fourth-order valence-electron chi connectivity index (χ4n) is 0.921. The summed E-state index contributed by atoms with van der Waals surface area (Å²) in [6.45, 7) is 3.70. The Balaban J connectivity index is 2.81. The average molecular weight is 240 g/mol. The van der Waals surface area contributed by atoms with E-state index in [1.807, 2.05) is 31.2 Å². The third-order valence-corrected chi connectivity index (χ3v) is 2.51. The van der Waals surface area contributed by atoms with Crippen LogP contribution in [0.25, 0.3) is 0 Å². The predicted octanol–water partition coefficient (Wildman–Crippen LogP) is 3.05. The highest BCUT2D eigenvalue weighted by atomic mass is 79.9. The fourth-order valence-corrected chi connectivity index (χ4v) is 1.17. The van der Waals surface area contributed by atoms with Crippen LogP contribution in [0.3, 0.4) is 0 Å². The maximum atomic E-state index is 8.54. The molecule has 0 spiro atoms. The van der Waals surface area contributed by atoms with Crippen molar-refractivity contribution in [3.05, 3.63) is 28.2 Å². The van der Waals surface area contributed by atoms with Crippen LogP contribution in [0.5, 0.6) is 5.75 Å². The maximum Gasteiger partial charge on any atom is 0.181 e. The summed E-state index contributed by atoms with van der Waals surface area (Å²) in [6.07, 6.45) is -0.402. The second-order valence-corrected chi connectivity index (χ2v) is 3.65. The molecule has 1 aromatic carbocycles. The van der Waals surface area contributed by atoms with Crippen LogP contribution in [0, 0.1) is 18.3 Å². The Morgan fingerprint density at radius 1 is 1.54 bits per heavy atom. The summed E-state index contributed by atoms with van der Waals surface area (Å²) in [7, 11) is 0. The van der Waals surface area contributed by atoms with E-state index in [1.165, 1.54) is 0 Å². The Morgan fingerprint density at radius 3 is 2.77 bits per heavy atom. The monoisotopic (exact) mass is 239 g/mol. The zero-order valence-electron chi connectivity index (χ0n) is 7.54. The smallest absolute Gasteiger partial charge is 0.181 e. The van der Waals surface area contributed by atoms with Gasteiger partial charge in [-0.25, -0.2) is 0 Å². The molecule has 1 unspecified atom stereocenters. The number of halogens is 1. The molecule has 3 heteroatoms. The summed E-state index contributed by atoms with van der Waals surface area (Å²) in [5.41, 5.74) is 1.10. The van der Waals surface area contributed by atoms with Gasteiger partial charge in [0.15, 0.2) is 6.10 Å². The number of hydrogen-bond acceptors (Lipinski definition) is 2. The molecule has 1 aromatic rings. The summed E-state index contributed by atoms with van der Waals surface area (Å²) in [5, 5.41) is 8.54. The van der Waals surface area contributed by atoms with Gasteiger partial charge in [0.2, 0.25) is 0 Å². The normalized spacial score (nSPS) is 11.8. The Hall–Kier alpha value is -1.01. The highest BCUT2D eigenvalue weighted by Gasteiger charge is 2.02. The molecule has 13 heavy (non-hydrogen) atoms. The van der Waals surface area contributed by atoms with Crippen molar-refractivity contribution in [3.8, 4) is 11.8 Å². The SMILES string of the molecule is Cc1cc(OC(C)C#N)ccc1Br. The molecular formula is C10H10BrNO. The molecule has 0 heterocycles. The molecule has 0 radical (unpaired) electrons. The number of aryl methyl sites for hydroxylation is 1. The van der Waals surface area contributed by atoms with E-state index >= 15 is 0 Å². The standard InChI is InChI=1S/C10H10BrNO/c1-7-5-9(3-4-10(7)11)13-8(2)6-12/h3-5,8H,1-2H3. The third-order valence-electron chi connectivity index (χ3n) is 1.62. The first-order valence-corrected chi connectivity index (χ1v) is 4.75. The molecule has 0 aromatic heterocycles. The largest absolute Gasteiger partial charge is 0.476 e. The second-order valence-electron chi connectivity index (χ2n) is 2.80. The second kappa shape index (κ2) is 4.29. The van der Waals surface area contributed by atoms with Crippen LogP contribution in [0.4, 0.5) is 0 Å². The first-order valence-electron chi connectivity index (χ1n) is 3.96. The van der Waals surface area contributed by atoms with Gasteiger partial charge in [0.1, 0.15) is 11.8 Å². The summed E-state index contributed by atoms with van der Waals surface area (Å²) in [5.74, 6) is 0.731. The van der Waals surface area contributed by atoms with Crippen molar-refractivity contribution >= 4 is 15.9 Å². The van der Waals surface area contributed by atoms with Crippen LogP contribution in [-0.4, -0.2) is 6.10 Å². The van der Waals surface area contributed by atoms with E-state index in [0.717, 1.165) is 15.8 Å². The molecule has 0 N–H and O–H groups in total. The van der Waals surface area contributed by atoms with Gasteiger partial charge in [-0.15, -0.1) is 0 Å². The highest BCUT2D eigenvalue weighted by molar-refractivity contribution is 9.10. The molecule has 1 rings (SSSR count). The lowest BCUT2D eigenvalue weighted by atomic mass is 10.2. The number of hydrogen-bond donors (Lipinski definition) is 0. The zero-order chi connectivity index (χ0) is 9.84. The first kappa shape index (κ1) is 10.1. The van der Waals surface area contributed by atoms with E-state index in [0.29, 0.717) is 0 Å². The molecule has 0 saturated carbocycles. The van der Waals surface area contributed by atoms with Crippen LogP contribution in [0.1, 0.15) is 12.5 Å². The molecule has 0 aliphatic carbocycles. The molecule has 0 amide bonds. The topological polar surface area (TPSA) is 33.0 Å². The molecule has 68 valence electrons. The van der Waals surface area contributed by atoms with Gasteiger partial charge in [0, 0.05) is 4.47 Å². The minimum Gasteiger partial charge on any atom is -0.476 e. The maximum absolute atomic E-state index is 8.54. The minimum atomic E-state index is -0.402. The minimum absolute atomic E-state index is 0.402. The van der Waals surface area contributed by atoms with Crippen molar-refractivity contribution in [1.29, 1.82) is 5.26 Å². The van der Waals surface area contributed by atoms with Crippen molar-refractivity contribution in [3.63, 3.8) is 0 Å². The van der Waals surface area contributed by atoms with Gasteiger partial charge in [-0.2, -0.15) is 5.26 Å². The van der Waals surface area contributed by atoms with Crippen LogP contribution in [0.2, 0.25) is 0 Å². The summed E-state index contributed by atoms with van der Waals surface area (Å²) >= 11 is 3.39.